The molecule has 1 aliphatic rings. The summed E-state index contributed by atoms with van der Waals surface area (Å²) in [6.07, 6.45) is 3.84. The van der Waals surface area contributed by atoms with Gasteiger partial charge in [0.1, 0.15) is 5.82 Å². The largest absolute Gasteiger partial charge is 0.310 e. The van der Waals surface area contributed by atoms with Gasteiger partial charge in [-0.1, -0.05) is 11.6 Å². The van der Waals surface area contributed by atoms with Gasteiger partial charge in [-0.2, -0.15) is 0 Å². The predicted molar refractivity (Wildman–Crippen MR) is 56.0 cm³/mol. The van der Waals surface area contributed by atoms with Crippen molar-refractivity contribution >= 4 is 29.6 Å². The summed E-state index contributed by atoms with van der Waals surface area (Å²) in [5.41, 5.74) is 0.320. The lowest BCUT2D eigenvalue weighted by Crippen LogP contribution is -2.14. The summed E-state index contributed by atoms with van der Waals surface area (Å²) in [6.45, 7) is 0. The van der Waals surface area contributed by atoms with Crippen LogP contribution in [0.3, 0.4) is 0 Å². The van der Waals surface area contributed by atoms with E-state index in [2.05, 4.69) is 10.3 Å². The minimum Gasteiger partial charge on any atom is -0.310 e. The molecule has 1 aliphatic carbocycles. The summed E-state index contributed by atoms with van der Waals surface area (Å²) in [7, 11) is 0. The number of nitrogens with one attached hydrogen (secondary N) is 1. The number of halogens is 1. The summed E-state index contributed by atoms with van der Waals surface area (Å²) < 4.78 is 0. The molecule has 1 aromatic heterocycles. The minimum atomic E-state index is -0.0302. The number of aromatic nitrogens is 1. The maximum Gasteiger partial charge on any atom is 0.228 e. The maximum absolute atomic E-state index is 11.4. The van der Waals surface area contributed by atoms with Crippen molar-refractivity contribution in [3.05, 3.63) is 22.8 Å². The molecule has 15 heavy (non-hydrogen) atoms. The van der Waals surface area contributed by atoms with Crippen molar-refractivity contribution in [3.63, 3.8) is 0 Å². The van der Waals surface area contributed by atoms with Crippen molar-refractivity contribution in [2.75, 3.05) is 5.32 Å². The summed E-state index contributed by atoms with van der Waals surface area (Å²) in [5.74, 6) is 0.483. The first-order valence-electron chi connectivity index (χ1n) is 4.62. The van der Waals surface area contributed by atoms with Crippen LogP contribution in [0.25, 0.3) is 0 Å². The number of hydrogen-bond acceptors (Lipinski definition) is 3. The fourth-order valence-electron chi connectivity index (χ4n) is 1.17. The highest BCUT2D eigenvalue weighted by molar-refractivity contribution is 6.33. The molecule has 1 amide bonds. The van der Waals surface area contributed by atoms with Crippen molar-refractivity contribution in [2.24, 2.45) is 5.92 Å². The zero-order valence-electron chi connectivity index (χ0n) is 7.87. The number of nitrogens with zero attached hydrogens (tertiary/aromatic N) is 1. The topological polar surface area (TPSA) is 59.1 Å². The quantitative estimate of drug-likeness (QED) is 0.798. The number of amides is 1. The molecule has 2 rings (SSSR count). The number of rotatable bonds is 3. The van der Waals surface area contributed by atoms with Crippen LogP contribution in [0.2, 0.25) is 5.02 Å². The van der Waals surface area contributed by atoms with Gasteiger partial charge in [0.25, 0.3) is 0 Å². The number of hydrogen-bond donors (Lipinski definition) is 1. The van der Waals surface area contributed by atoms with Gasteiger partial charge in [0.15, 0.2) is 6.29 Å². The van der Waals surface area contributed by atoms with E-state index in [9.17, 15) is 9.59 Å². The standard InChI is InChI=1S/C10H9ClN2O2/c11-8-3-9(12-4-7(8)5-14)13-10(15)6-1-2-6/h3-6H,1-2H2,(H,12,13,15). The highest BCUT2D eigenvalue weighted by Crippen LogP contribution is 2.30. The first-order valence-corrected chi connectivity index (χ1v) is 5.00. The van der Waals surface area contributed by atoms with Crippen LogP contribution in [0.15, 0.2) is 12.3 Å². The van der Waals surface area contributed by atoms with E-state index < -0.39 is 0 Å². The van der Waals surface area contributed by atoms with Crippen LogP contribution < -0.4 is 5.32 Å². The third-order valence-corrected chi connectivity index (χ3v) is 2.54. The molecule has 0 atom stereocenters. The molecule has 1 N–H and O–H groups in total. The fourth-order valence-corrected chi connectivity index (χ4v) is 1.37. The molecule has 1 fully saturated rings. The molecule has 4 nitrogen and oxygen atoms in total. The van der Waals surface area contributed by atoms with Gasteiger partial charge in [0.05, 0.1) is 10.6 Å². The van der Waals surface area contributed by atoms with Gasteiger partial charge in [0.2, 0.25) is 5.91 Å². The number of pyridine rings is 1. The lowest BCUT2D eigenvalue weighted by molar-refractivity contribution is -0.117. The van der Waals surface area contributed by atoms with E-state index in [-0.39, 0.29) is 11.8 Å². The molecular weight excluding hydrogens is 216 g/mol. The third kappa shape index (κ3) is 2.33. The van der Waals surface area contributed by atoms with Crippen LogP contribution in [0.1, 0.15) is 23.2 Å². The first kappa shape index (κ1) is 10.1. The van der Waals surface area contributed by atoms with E-state index in [1.165, 1.54) is 12.3 Å². The summed E-state index contributed by atoms with van der Waals surface area (Å²) in [6, 6.07) is 1.48. The Bertz CT molecular complexity index is 416. The highest BCUT2D eigenvalue weighted by Gasteiger charge is 2.29. The molecule has 0 aromatic carbocycles. The second-order valence-electron chi connectivity index (χ2n) is 3.47. The van der Waals surface area contributed by atoms with Crippen molar-refractivity contribution in [3.8, 4) is 0 Å². The monoisotopic (exact) mass is 224 g/mol. The third-order valence-electron chi connectivity index (χ3n) is 2.21. The molecule has 0 unspecified atom stereocenters. The summed E-state index contributed by atoms with van der Waals surface area (Å²) >= 11 is 5.79. The molecular formula is C10H9ClN2O2. The number of carbonyl (C=O) groups excluding carboxylic acids is 2. The van der Waals surface area contributed by atoms with E-state index >= 15 is 0 Å². The Morgan fingerprint density at radius 3 is 2.87 bits per heavy atom. The average molecular weight is 225 g/mol. The van der Waals surface area contributed by atoms with E-state index in [1.54, 1.807) is 0 Å². The Labute approximate surface area is 91.6 Å². The average Bonchev–Trinajstić information content (AvgIpc) is 3.01. The normalized spacial score (nSPS) is 14.7. The van der Waals surface area contributed by atoms with Crippen LogP contribution in [-0.2, 0) is 4.79 Å². The SMILES string of the molecule is O=Cc1cnc(NC(=O)C2CC2)cc1Cl. The van der Waals surface area contributed by atoms with Crippen molar-refractivity contribution in [1.82, 2.24) is 4.98 Å². The molecule has 0 saturated heterocycles. The zero-order valence-corrected chi connectivity index (χ0v) is 8.62. The van der Waals surface area contributed by atoms with Gasteiger partial charge in [-0.05, 0) is 12.8 Å². The van der Waals surface area contributed by atoms with E-state index in [4.69, 9.17) is 11.6 Å². The number of aldehydes is 1. The molecule has 5 heteroatoms. The van der Waals surface area contributed by atoms with E-state index in [0.717, 1.165) is 12.8 Å². The Kier molecular flexibility index (Phi) is 2.68. The summed E-state index contributed by atoms with van der Waals surface area (Å²) in [5, 5.41) is 2.94. The predicted octanol–water partition coefficient (Wildman–Crippen LogP) is 1.90. The van der Waals surface area contributed by atoms with Crippen molar-refractivity contribution in [2.45, 2.75) is 12.8 Å². The number of anilines is 1. The van der Waals surface area contributed by atoms with Gasteiger partial charge in [-0.3, -0.25) is 9.59 Å². The van der Waals surface area contributed by atoms with Crippen LogP contribution in [0.4, 0.5) is 5.82 Å². The summed E-state index contributed by atoms with van der Waals surface area (Å²) in [4.78, 5) is 25.8. The number of carbonyl (C=O) groups is 2. The Hall–Kier alpha value is -1.42. The van der Waals surface area contributed by atoms with Crippen LogP contribution in [-0.4, -0.2) is 17.2 Å². The molecule has 0 radical (unpaired) electrons. The van der Waals surface area contributed by atoms with Gasteiger partial charge < -0.3 is 5.32 Å². The molecule has 0 aliphatic heterocycles. The van der Waals surface area contributed by atoms with Gasteiger partial charge in [0, 0.05) is 18.2 Å². The highest BCUT2D eigenvalue weighted by atomic mass is 35.5. The van der Waals surface area contributed by atoms with Crippen LogP contribution in [0, 0.1) is 5.92 Å². The Morgan fingerprint density at radius 1 is 1.60 bits per heavy atom. The molecule has 78 valence electrons. The van der Waals surface area contributed by atoms with Gasteiger partial charge in [-0.15, -0.1) is 0 Å². The maximum atomic E-state index is 11.4. The van der Waals surface area contributed by atoms with Crippen molar-refractivity contribution in [1.29, 1.82) is 0 Å². The molecule has 1 aromatic rings. The van der Waals surface area contributed by atoms with Gasteiger partial charge in [-0.25, -0.2) is 4.98 Å². The lowest BCUT2D eigenvalue weighted by Gasteiger charge is -2.03. The fraction of sp³-hybridized carbons (Fsp3) is 0.300. The van der Waals surface area contributed by atoms with Crippen LogP contribution >= 0.6 is 11.6 Å². The zero-order chi connectivity index (χ0) is 10.8. The Balaban J connectivity index is 2.11. The van der Waals surface area contributed by atoms with Crippen molar-refractivity contribution < 1.29 is 9.59 Å². The minimum absolute atomic E-state index is 0.0302. The second-order valence-corrected chi connectivity index (χ2v) is 3.88. The second kappa shape index (κ2) is 3.98. The molecule has 0 spiro atoms. The smallest absolute Gasteiger partial charge is 0.228 e. The van der Waals surface area contributed by atoms with Gasteiger partial charge >= 0.3 is 0 Å². The van der Waals surface area contributed by atoms with E-state index in [1.807, 2.05) is 0 Å². The molecule has 1 heterocycles. The van der Waals surface area contributed by atoms with E-state index in [0.29, 0.717) is 22.7 Å². The Morgan fingerprint density at radius 2 is 2.33 bits per heavy atom. The lowest BCUT2D eigenvalue weighted by atomic mass is 10.3. The molecule has 0 bridgehead atoms. The van der Waals surface area contributed by atoms with Crippen LogP contribution in [0.5, 0.6) is 0 Å². The molecule has 1 saturated carbocycles. The first-order chi connectivity index (χ1) is 7.20.